The van der Waals surface area contributed by atoms with E-state index in [0.717, 1.165) is 29.8 Å². The molecule has 0 aliphatic rings. The van der Waals surface area contributed by atoms with Gasteiger partial charge in [0.15, 0.2) is 0 Å². The second-order valence-electron chi connectivity index (χ2n) is 8.30. The minimum atomic E-state index is -6.91. The van der Waals surface area contributed by atoms with Crippen LogP contribution in [0.2, 0.25) is 0 Å². The zero-order valence-corrected chi connectivity index (χ0v) is 22.9. The standard InChI is InChI=1S/C13H8F10O2.C8H8O.C5H2F8O/c1-2-7-3-5-8(6-4-7)24-10(15,16)9(14)25-13(22,23)11(17,18)12(19,20)21;1-2-7-3-5-8(9)6-4-7;1-2(6)14-5(12,13)3(7,8)4(9,10)11/h2-6,9H,1H2;2-6,9H,1H2;1H2. The van der Waals surface area contributed by atoms with Gasteiger partial charge in [-0.3, -0.25) is 4.74 Å². The molecule has 272 valence electrons. The van der Waals surface area contributed by atoms with Gasteiger partial charge in [-0.1, -0.05) is 49.6 Å². The summed E-state index contributed by atoms with van der Waals surface area (Å²) in [6, 6.07) is 8.36. The van der Waals surface area contributed by atoms with E-state index in [2.05, 4.69) is 27.4 Å². The molecule has 2 rings (SSSR count). The fourth-order valence-corrected chi connectivity index (χ4v) is 2.29. The summed E-state index contributed by atoms with van der Waals surface area (Å²) in [5.74, 6) is -13.9. The Morgan fingerprint density at radius 2 is 0.979 bits per heavy atom. The van der Waals surface area contributed by atoms with Crippen LogP contribution in [0.4, 0.5) is 79.0 Å². The fraction of sp³-hybridized carbons (Fsp3) is 0.308. The highest BCUT2D eigenvalue weighted by atomic mass is 19.4. The van der Waals surface area contributed by atoms with Crippen molar-refractivity contribution < 1.29 is 98.3 Å². The molecule has 0 heterocycles. The maximum atomic E-state index is 13.3. The minimum absolute atomic E-state index is 0.292. The number of hydrogen-bond donors (Lipinski definition) is 1. The van der Waals surface area contributed by atoms with Crippen molar-refractivity contribution in [2.45, 2.75) is 48.9 Å². The average molecular weight is 736 g/mol. The van der Waals surface area contributed by atoms with Gasteiger partial charge in [-0.15, -0.1) is 0 Å². The second kappa shape index (κ2) is 15.8. The van der Waals surface area contributed by atoms with Gasteiger partial charge in [0, 0.05) is 0 Å². The zero-order valence-electron chi connectivity index (χ0n) is 22.9. The largest absolute Gasteiger partial charge is 0.508 e. The highest BCUT2D eigenvalue weighted by Gasteiger charge is 2.77. The number of phenols is 1. The van der Waals surface area contributed by atoms with E-state index in [1.807, 2.05) is 18.7 Å². The molecule has 48 heavy (non-hydrogen) atoms. The Labute approximate surface area is 257 Å². The van der Waals surface area contributed by atoms with Crippen LogP contribution in [0.5, 0.6) is 11.5 Å². The maximum absolute atomic E-state index is 13.3. The Morgan fingerprint density at radius 3 is 1.31 bits per heavy atom. The lowest BCUT2D eigenvalue weighted by Crippen LogP contribution is -2.56. The van der Waals surface area contributed by atoms with Crippen molar-refractivity contribution in [2.24, 2.45) is 0 Å². The van der Waals surface area contributed by atoms with Crippen molar-refractivity contribution in [3.05, 3.63) is 85.4 Å². The molecule has 0 saturated carbocycles. The average Bonchev–Trinajstić information content (AvgIpc) is 2.92. The van der Waals surface area contributed by atoms with Crippen LogP contribution in [0.15, 0.2) is 74.3 Å². The van der Waals surface area contributed by atoms with Gasteiger partial charge in [0.25, 0.3) is 6.01 Å². The summed E-state index contributed by atoms with van der Waals surface area (Å²) in [6.45, 7) is 8.88. The Hall–Kier alpha value is -4.24. The van der Waals surface area contributed by atoms with Crippen molar-refractivity contribution in [1.29, 1.82) is 0 Å². The Morgan fingerprint density at radius 1 is 0.625 bits per heavy atom. The van der Waals surface area contributed by atoms with E-state index in [1.165, 1.54) is 6.08 Å². The van der Waals surface area contributed by atoms with Crippen LogP contribution in [-0.4, -0.2) is 54.0 Å². The van der Waals surface area contributed by atoms with Gasteiger partial charge in [-0.25, -0.2) is 4.39 Å². The van der Waals surface area contributed by atoms with Gasteiger partial charge in [0.05, 0.1) is 0 Å². The molecule has 1 N–H and O–H groups in total. The summed E-state index contributed by atoms with van der Waals surface area (Å²) < 4.78 is 227. The summed E-state index contributed by atoms with van der Waals surface area (Å²) in [5.41, 5.74) is 1.42. The van der Waals surface area contributed by atoms with Crippen molar-refractivity contribution in [3.63, 3.8) is 0 Å². The van der Waals surface area contributed by atoms with Crippen LogP contribution in [0.3, 0.4) is 0 Å². The normalized spacial score (nSPS) is 13.5. The Balaban J connectivity index is 0.000000799. The molecule has 0 bridgehead atoms. The highest BCUT2D eigenvalue weighted by molar-refractivity contribution is 5.48. The molecule has 0 amide bonds. The van der Waals surface area contributed by atoms with Gasteiger partial charge in [-0.05, 0) is 42.0 Å². The number of aromatic hydroxyl groups is 1. The molecule has 4 nitrogen and oxygen atoms in total. The maximum Gasteiger partial charge on any atom is 0.475 e. The van der Waals surface area contributed by atoms with Crippen molar-refractivity contribution in [1.82, 2.24) is 0 Å². The van der Waals surface area contributed by atoms with Gasteiger partial charge < -0.3 is 14.6 Å². The topological polar surface area (TPSA) is 47.9 Å². The first-order valence-electron chi connectivity index (χ1n) is 11.6. The molecule has 0 aliphatic carbocycles. The summed E-state index contributed by atoms with van der Waals surface area (Å²) >= 11 is 0. The predicted molar refractivity (Wildman–Crippen MR) is 130 cm³/mol. The summed E-state index contributed by atoms with van der Waals surface area (Å²) in [4.78, 5) is 0. The first-order valence-corrected chi connectivity index (χ1v) is 11.6. The third-order valence-electron chi connectivity index (χ3n) is 4.70. The smallest absolute Gasteiger partial charge is 0.475 e. The highest BCUT2D eigenvalue weighted by Crippen LogP contribution is 2.49. The monoisotopic (exact) mass is 736 g/mol. The number of hydrogen-bond acceptors (Lipinski definition) is 4. The van der Waals surface area contributed by atoms with E-state index in [4.69, 9.17) is 5.11 Å². The third-order valence-corrected chi connectivity index (χ3v) is 4.70. The van der Waals surface area contributed by atoms with Crippen LogP contribution in [-0.2, 0) is 9.47 Å². The Bertz CT molecular complexity index is 1330. The molecule has 0 aliphatic heterocycles. The van der Waals surface area contributed by atoms with Gasteiger partial charge in [0.1, 0.15) is 11.5 Å². The second-order valence-corrected chi connectivity index (χ2v) is 8.30. The van der Waals surface area contributed by atoms with Crippen molar-refractivity contribution in [2.75, 3.05) is 0 Å². The lowest BCUT2D eigenvalue weighted by molar-refractivity contribution is -0.460. The van der Waals surface area contributed by atoms with E-state index in [0.29, 0.717) is 11.3 Å². The molecule has 0 radical (unpaired) electrons. The SMILES string of the molecule is C=C(F)OC(F)(F)C(F)(F)C(F)(F)F.C=Cc1ccc(O)cc1.C=Cc1ccc(OC(F)(F)C(F)OC(F)(F)C(F)(F)C(F)(F)F)cc1. The van der Waals surface area contributed by atoms with Crippen molar-refractivity contribution in [3.8, 4) is 11.5 Å². The van der Waals surface area contributed by atoms with E-state index < -0.39 is 60.6 Å². The molecular weight excluding hydrogens is 718 g/mol. The molecule has 2 aromatic carbocycles. The molecule has 0 saturated heterocycles. The van der Waals surface area contributed by atoms with E-state index in [1.54, 1.807) is 18.2 Å². The number of benzene rings is 2. The quantitative estimate of drug-likeness (QED) is 0.184. The van der Waals surface area contributed by atoms with Crippen LogP contribution < -0.4 is 4.74 Å². The summed E-state index contributed by atoms with van der Waals surface area (Å²) in [5, 5.41) is 8.82. The number of phenolic OH excluding ortho intramolecular Hbond substituents is 1. The number of rotatable bonds is 11. The molecule has 2 aromatic rings. The first kappa shape index (κ1) is 43.8. The van der Waals surface area contributed by atoms with E-state index in [-0.39, 0.29) is 0 Å². The lowest BCUT2D eigenvalue weighted by Gasteiger charge is -2.30. The molecule has 0 aromatic heterocycles. The zero-order chi connectivity index (χ0) is 38.2. The van der Waals surface area contributed by atoms with Gasteiger partial charge in [0.2, 0.25) is 0 Å². The third kappa shape index (κ3) is 11.8. The van der Waals surface area contributed by atoms with Gasteiger partial charge >= 0.3 is 48.9 Å². The number of halogens is 18. The van der Waals surface area contributed by atoms with Crippen LogP contribution >= 0.6 is 0 Å². The van der Waals surface area contributed by atoms with E-state index >= 15 is 0 Å². The predicted octanol–water partition coefficient (Wildman–Crippen LogP) is 10.7. The van der Waals surface area contributed by atoms with Crippen LogP contribution in [0.25, 0.3) is 12.2 Å². The van der Waals surface area contributed by atoms with Gasteiger partial charge in [-0.2, -0.15) is 74.6 Å². The molecular formula is C26H18F18O4. The number of ether oxygens (including phenoxy) is 3. The number of alkyl halides is 17. The van der Waals surface area contributed by atoms with Crippen molar-refractivity contribution >= 4 is 12.2 Å². The summed E-state index contributed by atoms with van der Waals surface area (Å²) in [7, 11) is 0. The molecule has 22 heteroatoms. The fourth-order valence-electron chi connectivity index (χ4n) is 2.29. The molecule has 0 spiro atoms. The minimum Gasteiger partial charge on any atom is -0.508 e. The van der Waals surface area contributed by atoms with Crippen LogP contribution in [0.1, 0.15) is 11.1 Å². The molecule has 1 unspecified atom stereocenters. The molecule has 1 atom stereocenters. The van der Waals surface area contributed by atoms with E-state index in [9.17, 15) is 79.0 Å². The first-order chi connectivity index (χ1) is 21.4. The molecule has 0 fully saturated rings. The Kier molecular flexibility index (Phi) is 14.4. The lowest BCUT2D eigenvalue weighted by atomic mass is 10.2. The summed E-state index contributed by atoms with van der Waals surface area (Å²) in [6.07, 6.45) is -33.0. The van der Waals surface area contributed by atoms with Crippen LogP contribution in [0, 0.1) is 0 Å².